The molecule has 0 spiro atoms. The first-order valence-corrected chi connectivity index (χ1v) is 13.6. The van der Waals surface area contributed by atoms with Crippen molar-refractivity contribution < 1.29 is 47.2 Å². The van der Waals surface area contributed by atoms with Gasteiger partial charge >= 0.3 is 17.6 Å². The Morgan fingerprint density at radius 1 is 0.727 bits per heavy atom. The summed E-state index contributed by atoms with van der Waals surface area (Å²) in [6, 6.07) is 14.0. The van der Waals surface area contributed by atoms with Crippen LogP contribution >= 0.6 is 0 Å². The fraction of sp³-hybridized carbons (Fsp3) is 0.303. The van der Waals surface area contributed by atoms with Crippen molar-refractivity contribution in [2.45, 2.75) is 38.6 Å². The van der Waals surface area contributed by atoms with Crippen LogP contribution in [0.1, 0.15) is 51.8 Å². The Hall–Kier alpha value is -5.19. The molecule has 0 amide bonds. The van der Waals surface area contributed by atoms with Gasteiger partial charge in [-0.05, 0) is 74.9 Å². The van der Waals surface area contributed by atoms with Gasteiger partial charge in [0.15, 0.2) is 35.2 Å². The third-order valence-electron chi connectivity index (χ3n) is 7.44. The number of rotatable bonds is 8. The number of carbonyl (C=O) groups is 2. The topological polar surface area (TPSA) is 129 Å². The lowest BCUT2D eigenvalue weighted by molar-refractivity contribution is -0.122. The van der Waals surface area contributed by atoms with E-state index in [0.29, 0.717) is 39.7 Å². The summed E-state index contributed by atoms with van der Waals surface area (Å²) in [5, 5.41) is 0.601. The van der Waals surface area contributed by atoms with Crippen LogP contribution in [0.2, 0.25) is 0 Å². The van der Waals surface area contributed by atoms with E-state index >= 15 is 0 Å². The fourth-order valence-electron chi connectivity index (χ4n) is 5.22. The van der Waals surface area contributed by atoms with E-state index < -0.39 is 35.4 Å². The van der Waals surface area contributed by atoms with Crippen LogP contribution in [0.15, 0.2) is 63.8 Å². The van der Waals surface area contributed by atoms with Crippen LogP contribution in [-0.4, -0.2) is 52.1 Å². The molecule has 0 radical (unpaired) electrons. The molecule has 44 heavy (non-hydrogen) atoms. The minimum atomic E-state index is -1.26. The van der Waals surface area contributed by atoms with E-state index in [0.717, 1.165) is 0 Å². The van der Waals surface area contributed by atoms with Gasteiger partial charge in [-0.1, -0.05) is 0 Å². The van der Waals surface area contributed by atoms with Gasteiger partial charge in [-0.3, -0.25) is 0 Å². The summed E-state index contributed by atoms with van der Waals surface area (Å²) in [6.07, 6.45) is -2.46. The number of esters is 2. The number of carbonyl (C=O) groups excluding carboxylic acids is 2. The maximum atomic E-state index is 13.7. The number of hydrogen-bond donors (Lipinski definition) is 0. The van der Waals surface area contributed by atoms with Crippen molar-refractivity contribution >= 4 is 22.9 Å². The number of methoxy groups -OCH3 is 4. The molecule has 0 aliphatic carbocycles. The fourth-order valence-corrected chi connectivity index (χ4v) is 5.22. The molecule has 1 aliphatic rings. The SMILES string of the molecule is COc1ccc(C(=O)O[C@H]2c3c(ccc4c(C)cc(=O)oc34)OC(C)(C)[C@H]2OC(=O)c2ccc(OC)c(OC)c2)cc1OC. The van der Waals surface area contributed by atoms with E-state index in [2.05, 4.69) is 0 Å². The second-order valence-electron chi connectivity index (χ2n) is 10.6. The Bertz CT molecular complexity index is 1800. The highest BCUT2D eigenvalue weighted by Gasteiger charge is 2.50. The normalized spacial score (nSPS) is 16.7. The van der Waals surface area contributed by atoms with Gasteiger partial charge in [0.05, 0.1) is 45.1 Å². The van der Waals surface area contributed by atoms with Crippen LogP contribution < -0.4 is 29.3 Å². The third-order valence-corrected chi connectivity index (χ3v) is 7.44. The van der Waals surface area contributed by atoms with Crippen LogP contribution in [0.25, 0.3) is 11.0 Å². The largest absolute Gasteiger partial charge is 0.493 e. The lowest BCUT2D eigenvalue weighted by Crippen LogP contribution is -2.52. The van der Waals surface area contributed by atoms with E-state index in [9.17, 15) is 14.4 Å². The molecule has 0 N–H and O–H groups in total. The van der Waals surface area contributed by atoms with Crippen molar-refractivity contribution in [3.05, 3.63) is 87.3 Å². The van der Waals surface area contributed by atoms with Gasteiger partial charge in [0.2, 0.25) is 0 Å². The third kappa shape index (κ3) is 5.48. The standard InChI is InChI=1S/C33H32O11/c1-17-14-26(34)41-28-20(17)10-13-23-27(28)29(42-31(35)18-8-11-21(37-4)24(15-18)39-6)30(33(2,3)44-23)43-32(36)19-9-12-22(38-5)25(16-19)40-7/h8-16,29-30H,1-7H3/t29-,30-/m0/s1. The average Bonchev–Trinajstić information content (AvgIpc) is 3.00. The Morgan fingerprint density at radius 2 is 1.27 bits per heavy atom. The molecule has 0 unspecified atom stereocenters. The first-order valence-electron chi connectivity index (χ1n) is 13.6. The molecule has 5 rings (SSSR count). The Labute approximate surface area is 253 Å². The Kier molecular flexibility index (Phi) is 8.14. The van der Waals surface area contributed by atoms with Crippen molar-refractivity contribution in [1.29, 1.82) is 0 Å². The van der Waals surface area contributed by atoms with Crippen molar-refractivity contribution in [1.82, 2.24) is 0 Å². The highest BCUT2D eigenvalue weighted by Crippen LogP contribution is 2.47. The molecule has 2 heterocycles. The van der Waals surface area contributed by atoms with E-state index in [1.165, 1.54) is 58.8 Å². The Morgan fingerprint density at radius 3 is 1.82 bits per heavy atom. The van der Waals surface area contributed by atoms with Crippen LogP contribution in [0.5, 0.6) is 28.7 Å². The van der Waals surface area contributed by atoms with Crippen LogP contribution in [-0.2, 0) is 9.47 Å². The van der Waals surface area contributed by atoms with Gasteiger partial charge in [0.25, 0.3) is 0 Å². The summed E-state index contributed by atoms with van der Waals surface area (Å²) in [5.74, 6) is 0.313. The Balaban J connectivity index is 1.63. The number of ether oxygens (including phenoxy) is 7. The summed E-state index contributed by atoms with van der Waals surface area (Å²) >= 11 is 0. The second-order valence-corrected chi connectivity index (χ2v) is 10.6. The predicted molar refractivity (Wildman–Crippen MR) is 158 cm³/mol. The number of fused-ring (bicyclic) bond motifs is 3. The van der Waals surface area contributed by atoms with E-state index in [1.807, 2.05) is 0 Å². The summed E-state index contributed by atoms with van der Waals surface area (Å²) in [6.45, 7) is 5.17. The van der Waals surface area contributed by atoms with Gasteiger partial charge in [-0.25, -0.2) is 14.4 Å². The van der Waals surface area contributed by atoms with Crippen molar-refractivity contribution in [3.63, 3.8) is 0 Å². The molecule has 2 atom stereocenters. The summed E-state index contributed by atoms with van der Waals surface area (Å²) in [7, 11) is 5.86. The minimum absolute atomic E-state index is 0.149. The van der Waals surface area contributed by atoms with Gasteiger partial charge in [0.1, 0.15) is 16.9 Å². The molecule has 11 heteroatoms. The van der Waals surface area contributed by atoms with Crippen molar-refractivity contribution in [2.24, 2.45) is 0 Å². The number of aryl methyl sites for hydroxylation is 1. The molecule has 230 valence electrons. The smallest absolute Gasteiger partial charge is 0.339 e. The predicted octanol–water partition coefficient (Wildman–Crippen LogP) is 5.43. The zero-order valence-corrected chi connectivity index (χ0v) is 25.3. The molecule has 11 nitrogen and oxygen atoms in total. The zero-order valence-electron chi connectivity index (χ0n) is 25.3. The number of benzene rings is 3. The first-order chi connectivity index (χ1) is 21.0. The molecule has 1 aliphatic heterocycles. The maximum absolute atomic E-state index is 13.7. The van der Waals surface area contributed by atoms with Crippen molar-refractivity contribution in [3.8, 4) is 28.7 Å². The summed E-state index contributed by atoms with van der Waals surface area (Å²) in [4.78, 5) is 39.8. The first kappa shape index (κ1) is 30.3. The minimum Gasteiger partial charge on any atom is -0.493 e. The van der Waals surface area contributed by atoms with Crippen LogP contribution in [0, 0.1) is 6.92 Å². The van der Waals surface area contributed by atoms with Crippen LogP contribution in [0.3, 0.4) is 0 Å². The lowest BCUT2D eigenvalue weighted by atomic mass is 9.86. The summed E-state index contributed by atoms with van der Waals surface area (Å²) < 4.78 is 45.4. The summed E-state index contributed by atoms with van der Waals surface area (Å²) in [5.41, 5.74) is -0.447. The van der Waals surface area contributed by atoms with Gasteiger partial charge in [-0.2, -0.15) is 0 Å². The second kappa shape index (κ2) is 11.8. The van der Waals surface area contributed by atoms with Gasteiger partial charge in [0, 0.05) is 11.5 Å². The van der Waals surface area contributed by atoms with E-state index in [-0.39, 0.29) is 22.3 Å². The zero-order chi connectivity index (χ0) is 31.8. The maximum Gasteiger partial charge on any atom is 0.339 e. The highest BCUT2D eigenvalue weighted by molar-refractivity contribution is 5.92. The van der Waals surface area contributed by atoms with E-state index in [1.54, 1.807) is 45.0 Å². The van der Waals surface area contributed by atoms with Crippen LogP contribution in [0.4, 0.5) is 0 Å². The highest BCUT2D eigenvalue weighted by atomic mass is 16.6. The van der Waals surface area contributed by atoms with E-state index in [4.69, 9.17) is 37.6 Å². The number of hydrogen-bond acceptors (Lipinski definition) is 11. The molecule has 0 bridgehead atoms. The molecular formula is C33H32O11. The van der Waals surface area contributed by atoms with Crippen molar-refractivity contribution in [2.75, 3.05) is 28.4 Å². The molecule has 0 fully saturated rings. The molecule has 0 saturated heterocycles. The molecular weight excluding hydrogens is 572 g/mol. The van der Waals surface area contributed by atoms with Gasteiger partial charge in [-0.15, -0.1) is 0 Å². The van der Waals surface area contributed by atoms with Gasteiger partial charge < -0.3 is 37.6 Å². The molecule has 3 aromatic carbocycles. The molecule has 0 saturated carbocycles. The average molecular weight is 605 g/mol. The molecule has 4 aromatic rings. The monoisotopic (exact) mass is 604 g/mol. The quantitative estimate of drug-likeness (QED) is 0.189. The molecule has 1 aromatic heterocycles. The lowest BCUT2D eigenvalue weighted by Gasteiger charge is -2.43.